The van der Waals surface area contributed by atoms with Crippen molar-refractivity contribution in [2.45, 2.75) is 39.7 Å². The summed E-state index contributed by atoms with van der Waals surface area (Å²) in [6, 6.07) is 7.80. The van der Waals surface area contributed by atoms with Crippen LogP contribution in [0, 0.1) is 5.41 Å². The lowest BCUT2D eigenvalue weighted by molar-refractivity contribution is 0.0560. The Labute approximate surface area is 97.1 Å². The summed E-state index contributed by atoms with van der Waals surface area (Å²) in [4.78, 5) is 0. The molecule has 0 aromatic heterocycles. The number of halogens is 1. The van der Waals surface area contributed by atoms with Crippen molar-refractivity contribution in [3.63, 3.8) is 0 Å². The second-order valence-corrected chi connectivity index (χ2v) is 5.42. The fourth-order valence-corrected chi connectivity index (χ4v) is 1.66. The monoisotopic (exact) mass is 226 g/mol. The summed E-state index contributed by atoms with van der Waals surface area (Å²) in [6.07, 6.45) is 1.31. The van der Waals surface area contributed by atoms with Gasteiger partial charge in [-0.3, -0.25) is 0 Å². The lowest BCUT2D eigenvalue weighted by Crippen LogP contribution is -2.26. The minimum Gasteiger partial charge on any atom is -0.393 e. The van der Waals surface area contributed by atoms with E-state index in [0.29, 0.717) is 0 Å². The molecule has 1 N–H and O–H groups in total. The third-order valence-corrected chi connectivity index (χ3v) is 3.01. The van der Waals surface area contributed by atoms with Crippen molar-refractivity contribution in [1.82, 2.24) is 0 Å². The minimum atomic E-state index is -0.284. The number of hydrogen-bond donors (Lipinski definition) is 1. The molecule has 1 nitrogen and oxygen atoms in total. The molecule has 84 valence electrons. The molecule has 0 bridgehead atoms. The highest BCUT2D eigenvalue weighted by Gasteiger charge is 2.21. The Morgan fingerprint density at radius 1 is 1.27 bits per heavy atom. The van der Waals surface area contributed by atoms with E-state index in [4.69, 9.17) is 11.6 Å². The van der Waals surface area contributed by atoms with Crippen LogP contribution in [-0.4, -0.2) is 11.2 Å². The molecule has 15 heavy (non-hydrogen) atoms. The highest BCUT2D eigenvalue weighted by atomic mass is 35.5. The number of aliphatic hydroxyl groups excluding tert-OH is 1. The minimum absolute atomic E-state index is 0.0543. The largest absolute Gasteiger partial charge is 0.393 e. The van der Waals surface area contributed by atoms with Crippen LogP contribution in [0.2, 0.25) is 5.02 Å². The van der Waals surface area contributed by atoms with Gasteiger partial charge in [-0.05, 0) is 29.9 Å². The zero-order chi connectivity index (χ0) is 11.5. The summed E-state index contributed by atoms with van der Waals surface area (Å²) in [5.74, 6) is 0. The van der Waals surface area contributed by atoms with E-state index >= 15 is 0 Å². The Kier molecular flexibility index (Phi) is 4.18. The normalized spacial score (nSPS) is 13.9. The number of aryl methyl sites for hydroxylation is 1. The molecule has 1 aromatic rings. The van der Waals surface area contributed by atoms with Gasteiger partial charge in [-0.1, -0.05) is 50.6 Å². The van der Waals surface area contributed by atoms with Gasteiger partial charge in [0.15, 0.2) is 0 Å². The van der Waals surface area contributed by atoms with Gasteiger partial charge in [-0.15, -0.1) is 0 Å². The lowest BCUT2D eigenvalue weighted by atomic mass is 9.86. The quantitative estimate of drug-likeness (QED) is 0.834. The van der Waals surface area contributed by atoms with Gasteiger partial charge < -0.3 is 5.11 Å². The second kappa shape index (κ2) is 5.00. The van der Waals surface area contributed by atoms with Gasteiger partial charge in [0.05, 0.1) is 6.10 Å². The third-order valence-electron chi connectivity index (χ3n) is 2.64. The van der Waals surface area contributed by atoms with Crippen LogP contribution in [0.1, 0.15) is 32.8 Å². The second-order valence-electron chi connectivity index (χ2n) is 5.01. The predicted molar refractivity (Wildman–Crippen MR) is 65.2 cm³/mol. The van der Waals surface area contributed by atoms with Gasteiger partial charge in [-0.2, -0.15) is 0 Å². The van der Waals surface area contributed by atoms with Gasteiger partial charge in [0.1, 0.15) is 0 Å². The Morgan fingerprint density at radius 2 is 1.87 bits per heavy atom. The summed E-state index contributed by atoms with van der Waals surface area (Å²) in [6.45, 7) is 6.14. The summed E-state index contributed by atoms with van der Waals surface area (Å²) in [5.41, 5.74) is 1.06. The van der Waals surface area contributed by atoms with Crippen LogP contribution in [0.25, 0.3) is 0 Å². The molecule has 1 rings (SSSR count). The predicted octanol–water partition coefficient (Wildman–Crippen LogP) is 3.68. The standard InChI is InChI=1S/C13H19ClO/c1-13(2,3)12(15)9-8-10-6-4-5-7-11(10)14/h4-7,12,15H,8-9H2,1-3H3. The van der Waals surface area contributed by atoms with Crippen molar-refractivity contribution < 1.29 is 5.11 Å². The fraction of sp³-hybridized carbons (Fsp3) is 0.538. The molecule has 0 heterocycles. The first-order chi connectivity index (χ1) is 6.91. The molecule has 1 unspecified atom stereocenters. The number of aliphatic hydroxyl groups is 1. The molecule has 2 heteroatoms. The maximum absolute atomic E-state index is 9.89. The Bertz CT molecular complexity index is 315. The van der Waals surface area contributed by atoms with Crippen molar-refractivity contribution in [1.29, 1.82) is 0 Å². The van der Waals surface area contributed by atoms with E-state index in [-0.39, 0.29) is 11.5 Å². The Balaban J connectivity index is 2.55. The fourth-order valence-electron chi connectivity index (χ4n) is 1.43. The molecule has 0 aliphatic carbocycles. The van der Waals surface area contributed by atoms with E-state index in [2.05, 4.69) is 0 Å². The summed E-state index contributed by atoms with van der Waals surface area (Å²) >= 11 is 6.04. The topological polar surface area (TPSA) is 20.2 Å². The van der Waals surface area contributed by atoms with E-state index in [1.165, 1.54) is 0 Å². The van der Waals surface area contributed by atoms with E-state index < -0.39 is 0 Å². The molecular formula is C13H19ClO. The Morgan fingerprint density at radius 3 is 2.40 bits per heavy atom. The summed E-state index contributed by atoms with van der Waals surface area (Å²) in [7, 11) is 0. The van der Waals surface area contributed by atoms with E-state index in [0.717, 1.165) is 23.4 Å². The molecular weight excluding hydrogens is 208 g/mol. The van der Waals surface area contributed by atoms with Crippen LogP contribution in [-0.2, 0) is 6.42 Å². The first-order valence-corrected chi connectivity index (χ1v) is 5.70. The zero-order valence-electron chi connectivity index (χ0n) is 9.63. The lowest BCUT2D eigenvalue weighted by Gasteiger charge is -2.25. The average molecular weight is 227 g/mol. The van der Waals surface area contributed by atoms with E-state index in [1.54, 1.807) is 0 Å². The molecule has 1 atom stereocenters. The summed E-state index contributed by atoms with van der Waals surface area (Å²) in [5, 5.41) is 10.7. The van der Waals surface area contributed by atoms with Crippen LogP contribution in [0.3, 0.4) is 0 Å². The van der Waals surface area contributed by atoms with Crippen LogP contribution >= 0.6 is 11.6 Å². The zero-order valence-corrected chi connectivity index (χ0v) is 10.4. The first-order valence-electron chi connectivity index (χ1n) is 5.33. The molecule has 0 aliphatic rings. The van der Waals surface area contributed by atoms with Gasteiger partial charge in [0.2, 0.25) is 0 Å². The molecule has 1 aromatic carbocycles. The van der Waals surface area contributed by atoms with E-state index in [1.807, 2.05) is 45.0 Å². The first kappa shape index (κ1) is 12.5. The van der Waals surface area contributed by atoms with Crippen molar-refractivity contribution in [2.24, 2.45) is 5.41 Å². The van der Waals surface area contributed by atoms with E-state index in [9.17, 15) is 5.11 Å². The summed E-state index contributed by atoms with van der Waals surface area (Å²) < 4.78 is 0. The number of hydrogen-bond acceptors (Lipinski definition) is 1. The molecule has 0 aliphatic heterocycles. The van der Waals surface area contributed by atoms with Gasteiger partial charge >= 0.3 is 0 Å². The van der Waals surface area contributed by atoms with Gasteiger partial charge in [0.25, 0.3) is 0 Å². The van der Waals surface area contributed by atoms with Crippen molar-refractivity contribution in [3.8, 4) is 0 Å². The SMILES string of the molecule is CC(C)(C)C(O)CCc1ccccc1Cl. The third kappa shape index (κ3) is 3.84. The molecule has 0 amide bonds. The average Bonchev–Trinajstić information content (AvgIpc) is 2.14. The highest BCUT2D eigenvalue weighted by molar-refractivity contribution is 6.31. The van der Waals surface area contributed by atoms with Crippen LogP contribution in [0.4, 0.5) is 0 Å². The molecule has 0 saturated carbocycles. The van der Waals surface area contributed by atoms with Crippen molar-refractivity contribution >= 4 is 11.6 Å². The molecule has 0 radical (unpaired) electrons. The van der Waals surface area contributed by atoms with Crippen LogP contribution in [0.5, 0.6) is 0 Å². The maximum atomic E-state index is 9.89. The van der Waals surface area contributed by atoms with Crippen LogP contribution < -0.4 is 0 Å². The maximum Gasteiger partial charge on any atom is 0.0591 e. The number of rotatable bonds is 3. The number of benzene rings is 1. The van der Waals surface area contributed by atoms with Crippen molar-refractivity contribution in [3.05, 3.63) is 34.9 Å². The molecule has 0 fully saturated rings. The van der Waals surface area contributed by atoms with Gasteiger partial charge in [0, 0.05) is 5.02 Å². The highest BCUT2D eigenvalue weighted by Crippen LogP contribution is 2.24. The molecule has 0 spiro atoms. The molecule has 0 saturated heterocycles. The van der Waals surface area contributed by atoms with Gasteiger partial charge in [-0.25, -0.2) is 0 Å². The van der Waals surface area contributed by atoms with Crippen molar-refractivity contribution in [2.75, 3.05) is 0 Å². The van der Waals surface area contributed by atoms with Crippen LogP contribution in [0.15, 0.2) is 24.3 Å². The smallest absolute Gasteiger partial charge is 0.0591 e. The Hall–Kier alpha value is -0.530.